The van der Waals surface area contributed by atoms with E-state index in [0.717, 1.165) is 0 Å². The van der Waals surface area contributed by atoms with Crippen LogP contribution in [0, 0.1) is 5.92 Å². The van der Waals surface area contributed by atoms with Gasteiger partial charge in [0, 0.05) is 31.6 Å². The topological polar surface area (TPSA) is 120 Å². The van der Waals surface area contributed by atoms with Crippen LogP contribution in [0.4, 0.5) is 37.1 Å². The molecular formula is C35H44F6N4O7. The van der Waals surface area contributed by atoms with E-state index in [1.54, 1.807) is 9.80 Å². The van der Waals surface area contributed by atoms with Gasteiger partial charge in [-0.25, -0.2) is 14.8 Å². The Labute approximate surface area is 297 Å². The quantitative estimate of drug-likeness (QED) is 0.0944. The maximum absolute atomic E-state index is 13.8. The van der Waals surface area contributed by atoms with Gasteiger partial charge in [0.1, 0.15) is 19.3 Å². The number of likely N-dealkylation sites (tertiary alicyclic amines) is 1. The number of methoxy groups -OCH3 is 1. The molecule has 4 rings (SSSR count). The van der Waals surface area contributed by atoms with Gasteiger partial charge in [-0.1, -0.05) is 13.8 Å². The summed E-state index contributed by atoms with van der Waals surface area (Å²) in [7, 11) is 1.33. The number of carbonyl (C=O) groups excluding carboxylic acids is 3. The number of amides is 1. The molecule has 17 heteroatoms. The van der Waals surface area contributed by atoms with E-state index < -0.39 is 48.1 Å². The monoisotopic (exact) mass is 746 g/mol. The largest absolute Gasteiger partial charge is 0.487 e. The van der Waals surface area contributed by atoms with Gasteiger partial charge in [0.15, 0.2) is 5.75 Å². The molecule has 52 heavy (non-hydrogen) atoms. The highest BCUT2D eigenvalue weighted by atomic mass is 19.4. The zero-order valence-corrected chi connectivity index (χ0v) is 29.5. The summed E-state index contributed by atoms with van der Waals surface area (Å²) in [5, 5.41) is 0. The lowest BCUT2D eigenvalue weighted by molar-refractivity contribution is -0.147. The van der Waals surface area contributed by atoms with Crippen molar-refractivity contribution in [1.82, 2.24) is 14.9 Å². The smallest absolute Gasteiger partial charge is 0.416 e. The van der Waals surface area contributed by atoms with Gasteiger partial charge in [-0.3, -0.25) is 9.59 Å². The average molecular weight is 747 g/mol. The zero-order chi connectivity index (χ0) is 38.2. The lowest BCUT2D eigenvalue weighted by atomic mass is 9.87. The second-order valence-electron chi connectivity index (χ2n) is 13.0. The van der Waals surface area contributed by atoms with Crippen molar-refractivity contribution < 1.29 is 59.7 Å². The number of hydrogen-bond donors (Lipinski definition) is 0. The molecule has 1 saturated heterocycles. The third-order valence-electron chi connectivity index (χ3n) is 9.47. The van der Waals surface area contributed by atoms with Crippen molar-refractivity contribution >= 4 is 24.0 Å². The summed E-state index contributed by atoms with van der Waals surface area (Å²) in [5.41, 5.74) is -3.13. The number of alkyl halides is 6. The molecule has 1 aromatic heterocycles. The molecular weight excluding hydrogens is 702 g/mol. The molecule has 0 spiro atoms. The number of ether oxygens (including phenoxy) is 4. The van der Waals surface area contributed by atoms with Crippen molar-refractivity contribution in [2.75, 3.05) is 25.2 Å². The summed E-state index contributed by atoms with van der Waals surface area (Å²) in [5.74, 6) is -0.802. The van der Waals surface area contributed by atoms with Crippen molar-refractivity contribution in [2.45, 2.75) is 115 Å². The molecule has 2 atom stereocenters. The number of halogens is 6. The number of hydrogen-bond acceptors (Lipinski definition) is 10. The van der Waals surface area contributed by atoms with Crippen molar-refractivity contribution in [3.05, 3.63) is 47.3 Å². The standard InChI is InChI=1S/C35H44F6N4O7/c1-5-26-16-28(17-27(6-2)45(26)33(48)52-29-9-7-23(8-10-29)31(47)49-4)44(32-42-18-30(19-43-32)51-12-11-50-21(3)46)20-22-13-24(34(36,37)38)15-25(14-22)35(39,40)41/h13-15,18-19,23,26-29H,5-12,16-17,20H2,1-4H3. The summed E-state index contributed by atoms with van der Waals surface area (Å²) in [6.07, 6.45) is -4.71. The van der Waals surface area contributed by atoms with Gasteiger partial charge in [0.05, 0.1) is 36.5 Å². The molecule has 2 aromatic rings. The van der Waals surface area contributed by atoms with Crippen LogP contribution in [0.15, 0.2) is 30.6 Å². The number of benzene rings is 1. The fourth-order valence-electron chi connectivity index (χ4n) is 6.86. The fourth-order valence-corrected chi connectivity index (χ4v) is 6.86. The molecule has 1 aliphatic carbocycles. The summed E-state index contributed by atoms with van der Waals surface area (Å²) < 4.78 is 104. The third kappa shape index (κ3) is 10.6. The minimum Gasteiger partial charge on any atom is -0.487 e. The van der Waals surface area contributed by atoms with Gasteiger partial charge < -0.3 is 28.7 Å². The third-order valence-corrected chi connectivity index (χ3v) is 9.47. The number of aromatic nitrogens is 2. The molecule has 0 bridgehead atoms. The maximum Gasteiger partial charge on any atom is 0.416 e. The number of esters is 2. The molecule has 0 N–H and O–H groups in total. The molecule has 1 aliphatic heterocycles. The van der Waals surface area contributed by atoms with Crippen molar-refractivity contribution in [2.24, 2.45) is 5.92 Å². The van der Waals surface area contributed by atoms with Crippen molar-refractivity contribution in [3.8, 4) is 5.75 Å². The van der Waals surface area contributed by atoms with E-state index in [-0.39, 0.29) is 66.6 Å². The highest BCUT2D eigenvalue weighted by Crippen LogP contribution is 2.39. The number of anilines is 1. The molecule has 1 saturated carbocycles. The van der Waals surface area contributed by atoms with E-state index in [4.69, 9.17) is 18.9 Å². The van der Waals surface area contributed by atoms with Crippen molar-refractivity contribution in [3.63, 3.8) is 0 Å². The Morgan fingerprint density at radius 2 is 1.42 bits per heavy atom. The SMILES string of the molecule is CCC1CC(N(Cc2cc(C(F)(F)F)cc(C(F)(F)F)c2)c2ncc(OCCOC(C)=O)cn2)CC(CC)N1C(=O)OC1CCC(C(=O)OC)CC1. The van der Waals surface area contributed by atoms with E-state index in [0.29, 0.717) is 63.5 Å². The van der Waals surface area contributed by atoms with E-state index in [1.807, 2.05) is 13.8 Å². The van der Waals surface area contributed by atoms with Crippen LogP contribution in [0.2, 0.25) is 0 Å². The molecule has 0 radical (unpaired) electrons. The number of piperidine rings is 1. The average Bonchev–Trinajstić information content (AvgIpc) is 3.11. The van der Waals surface area contributed by atoms with E-state index in [2.05, 4.69) is 9.97 Å². The second-order valence-corrected chi connectivity index (χ2v) is 13.0. The second kappa shape index (κ2) is 17.5. The van der Waals surface area contributed by atoms with Gasteiger partial charge in [0.2, 0.25) is 5.95 Å². The van der Waals surface area contributed by atoms with Crippen LogP contribution in [0.5, 0.6) is 5.75 Å². The molecule has 2 fully saturated rings. The molecule has 11 nitrogen and oxygen atoms in total. The number of carbonyl (C=O) groups is 3. The highest BCUT2D eigenvalue weighted by Gasteiger charge is 2.42. The highest BCUT2D eigenvalue weighted by molar-refractivity contribution is 5.72. The van der Waals surface area contributed by atoms with Crippen LogP contribution in [-0.4, -0.2) is 77.5 Å². The number of nitrogens with zero attached hydrogens (tertiary/aromatic N) is 4. The zero-order valence-electron chi connectivity index (χ0n) is 29.5. The van der Waals surface area contributed by atoms with Crippen molar-refractivity contribution in [1.29, 1.82) is 0 Å². The minimum absolute atomic E-state index is 0.00586. The van der Waals surface area contributed by atoms with Gasteiger partial charge in [-0.2, -0.15) is 26.3 Å². The Kier molecular flexibility index (Phi) is 13.6. The van der Waals surface area contributed by atoms with Gasteiger partial charge in [-0.15, -0.1) is 0 Å². The first-order valence-corrected chi connectivity index (χ1v) is 17.2. The predicted molar refractivity (Wildman–Crippen MR) is 174 cm³/mol. The minimum atomic E-state index is -5.03. The van der Waals surface area contributed by atoms with E-state index in [1.165, 1.54) is 26.4 Å². The van der Waals surface area contributed by atoms with Crippen LogP contribution in [-0.2, 0) is 42.7 Å². The first-order valence-electron chi connectivity index (χ1n) is 17.2. The Morgan fingerprint density at radius 3 is 1.90 bits per heavy atom. The summed E-state index contributed by atoms with van der Waals surface area (Å²) in [6, 6.07) is 0.171. The van der Waals surface area contributed by atoms with Gasteiger partial charge >= 0.3 is 30.4 Å². The Hall–Kier alpha value is -4.31. The normalized spacial score (nSPS) is 22.3. The maximum atomic E-state index is 13.8. The van der Waals surface area contributed by atoms with Crippen LogP contribution >= 0.6 is 0 Å². The summed E-state index contributed by atoms with van der Waals surface area (Å²) >= 11 is 0. The van der Waals surface area contributed by atoms with Crippen LogP contribution in [0.25, 0.3) is 0 Å². The van der Waals surface area contributed by atoms with Gasteiger partial charge in [-0.05, 0) is 75.1 Å². The molecule has 2 heterocycles. The fraction of sp³-hybridized carbons (Fsp3) is 0.629. The van der Waals surface area contributed by atoms with Crippen LogP contribution < -0.4 is 9.64 Å². The summed E-state index contributed by atoms with van der Waals surface area (Å²) in [6.45, 7) is 4.57. The van der Waals surface area contributed by atoms with Crippen LogP contribution in [0.1, 0.15) is 88.8 Å². The predicted octanol–water partition coefficient (Wildman–Crippen LogP) is 7.35. The Bertz CT molecular complexity index is 1470. The molecule has 2 aliphatic rings. The first kappa shape index (κ1) is 40.5. The molecule has 288 valence electrons. The van der Waals surface area contributed by atoms with E-state index in [9.17, 15) is 40.7 Å². The lowest BCUT2D eigenvalue weighted by Gasteiger charge is -2.47. The van der Waals surface area contributed by atoms with E-state index >= 15 is 0 Å². The van der Waals surface area contributed by atoms with Gasteiger partial charge in [0.25, 0.3) is 0 Å². The Morgan fingerprint density at radius 1 is 0.865 bits per heavy atom. The lowest BCUT2D eigenvalue weighted by Crippen LogP contribution is -2.57. The molecule has 2 unspecified atom stereocenters. The first-order chi connectivity index (χ1) is 24.5. The molecule has 1 amide bonds. The Balaban J connectivity index is 1.62. The van der Waals surface area contributed by atoms with Crippen LogP contribution in [0.3, 0.4) is 0 Å². The number of rotatable bonds is 12. The molecule has 1 aromatic carbocycles. The summed E-state index contributed by atoms with van der Waals surface area (Å²) in [4.78, 5) is 48.6.